The number of fused-ring (bicyclic) bond motifs is 1. The van der Waals surface area contributed by atoms with E-state index in [2.05, 4.69) is 28.7 Å². The zero-order valence-corrected chi connectivity index (χ0v) is 11.9. The van der Waals surface area contributed by atoms with Gasteiger partial charge in [-0.05, 0) is 43.9 Å². The predicted octanol–water partition coefficient (Wildman–Crippen LogP) is 2.13. The molecule has 0 bridgehead atoms. The highest BCUT2D eigenvalue weighted by atomic mass is 16.1. The van der Waals surface area contributed by atoms with Gasteiger partial charge in [-0.1, -0.05) is 6.92 Å². The summed E-state index contributed by atoms with van der Waals surface area (Å²) in [6, 6.07) is 5.65. The van der Waals surface area contributed by atoms with Crippen LogP contribution in [0.25, 0.3) is 10.9 Å². The summed E-state index contributed by atoms with van der Waals surface area (Å²) in [5.41, 5.74) is 6.88. The number of aromatic nitrogens is 2. The Morgan fingerprint density at radius 2 is 2.20 bits per heavy atom. The third-order valence-electron chi connectivity index (χ3n) is 4.13. The van der Waals surface area contributed by atoms with Crippen molar-refractivity contribution in [2.45, 2.75) is 32.7 Å². The molecule has 1 aromatic heterocycles. The monoisotopic (exact) mass is 272 g/mol. The maximum Gasteiger partial charge on any atom is 0.260 e. The molecule has 0 spiro atoms. The third-order valence-corrected chi connectivity index (χ3v) is 4.13. The van der Waals surface area contributed by atoms with Crippen molar-refractivity contribution in [1.29, 1.82) is 0 Å². The van der Waals surface area contributed by atoms with Crippen LogP contribution in [-0.4, -0.2) is 22.6 Å². The number of H-pyrrole nitrogens is 1. The number of piperidine rings is 1. The van der Waals surface area contributed by atoms with Gasteiger partial charge in [-0.15, -0.1) is 0 Å². The van der Waals surface area contributed by atoms with E-state index in [-0.39, 0.29) is 5.56 Å². The summed E-state index contributed by atoms with van der Waals surface area (Å²) in [7, 11) is 0. The molecule has 20 heavy (non-hydrogen) atoms. The van der Waals surface area contributed by atoms with Crippen LogP contribution in [0.3, 0.4) is 0 Å². The Morgan fingerprint density at radius 3 is 2.95 bits per heavy atom. The molecule has 3 rings (SSSR count). The van der Waals surface area contributed by atoms with Crippen LogP contribution in [0.1, 0.15) is 26.7 Å². The fourth-order valence-corrected chi connectivity index (χ4v) is 3.00. The molecule has 1 aliphatic heterocycles. The molecule has 0 saturated carbocycles. The second-order valence-electron chi connectivity index (χ2n) is 5.84. The summed E-state index contributed by atoms with van der Waals surface area (Å²) >= 11 is 0. The zero-order valence-electron chi connectivity index (χ0n) is 11.9. The summed E-state index contributed by atoms with van der Waals surface area (Å²) in [4.78, 5) is 21.9. The first kappa shape index (κ1) is 13.0. The van der Waals surface area contributed by atoms with Crippen molar-refractivity contribution in [3.8, 4) is 0 Å². The van der Waals surface area contributed by atoms with E-state index in [0.29, 0.717) is 28.6 Å². The lowest BCUT2D eigenvalue weighted by Gasteiger charge is -2.36. The SMILES string of the molecule is CC1CCN(c2nc3ccc(N)cc3c(=O)[nH]2)C(C)C1. The number of hydrogen-bond acceptors (Lipinski definition) is 4. The van der Waals surface area contributed by atoms with Crippen LogP contribution < -0.4 is 16.2 Å². The van der Waals surface area contributed by atoms with E-state index in [1.165, 1.54) is 0 Å². The van der Waals surface area contributed by atoms with Crippen molar-refractivity contribution in [3.05, 3.63) is 28.6 Å². The molecule has 2 atom stereocenters. The topological polar surface area (TPSA) is 75.0 Å². The molecule has 1 aromatic carbocycles. The maximum atomic E-state index is 12.2. The minimum absolute atomic E-state index is 0.122. The molecule has 0 amide bonds. The lowest BCUT2D eigenvalue weighted by Crippen LogP contribution is -2.42. The van der Waals surface area contributed by atoms with Gasteiger partial charge in [0.25, 0.3) is 5.56 Å². The molecule has 0 aliphatic carbocycles. The molecule has 1 aliphatic rings. The fourth-order valence-electron chi connectivity index (χ4n) is 3.00. The lowest BCUT2D eigenvalue weighted by atomic mass is 9.94. The van der Waals surface area contributed by atoms with E-state index < -0.39 is 0 Å². The second-order valence-corrected chi connectivity index (χ2v) is 5.84. The minimum atomic E-state index is -0.122. The van der Waals surface area contributed by atoms with E-state index in [9.17, 15) is 4.79 Å². The molecule has 1 saturated heterocycles. The first-order valence-electron chi connectivity index (χ1n) is 7.11. The Bertz CT molecular complexity index is 694. The molecule has 5 heteroatoms. The molecule has 2 heterocycles. The highest BCUT2D eigenvalue weighted by molar-refractivity contribution is 5.81. The van der Waals surface area contributed by atoms with Crippen molar-refractivity contribution >= 4 is 22.5 Å². The molecule has 3 N–H and O–H groups in total. The van der Waals surface area contributed by atoms with Gasteiger partial charge in [0.15, 0.2) is 0 Å². The number of nitrogens with one attached hydrogen (secondary N) is 1. The Kier molecular flexibility index (Phi) is 3.12. The summed E-state index contributed by atoms with van der Waals surface area (Å²) in [6.07, 6.45) is 2.26. The van der Waals surface area contributed by atoms with Gasteiger partial charge in [-0.3, -0.25) is 9.78 Å². The Morgan fingerprint density at radius 1 is 1.40 bits per heavy atom. The number of hydrogen-bond donors (Lipinski definition) is 2. The van der Waals surface area contributed by atoms with Crippen molar-refractivity contribution in [2.24, 2.45) is 5.92 Å². The Balaban J connectivity index is 2.05. The van der Waals surface area contributed by atoms with Crippen LogP contribution in [-0.2, 0) is 0 Å². The van der Waals surface area contributed by atoms with E-state index in [0.717, 1.165) is 25.3 Å². The van der Waals surface area contributed by atoms with Gasteiger partial charge in [-0.2, -0.15) is 0 Å². The second kappa shape index (κ2) is 4.81. The van der Waals surface area contributed by atoms with Crippen LogP contribution in [0.15, 0.2) is 23.0 Å². The number of benzene rings is 1. The normalized spacial score (nSPS) is 23.2. The largest absolute Gasteiger partial charge is 0.399 e. The van der Waals surface area contributed by atoms with Gasteiger partial charge < -0.3 is 10.6 Å². The van der Waals surface area contributed by atoms with Crippen LogP contribution in [0, 0.1) is 5.92 Å². The Hall–Kier alpha value is -2.04. The lowest BCUT2D eigenvalue weighted by molar-refractivity contribution is 0.374. The van der Waals surface area contributed by atoms with Gasteiger partial charge >= 0.3 is 0 Å². The van der Waals surface area contributed by atoms with Crippen LogP contribution in [0.4, 0.5) is 11.6 Å². The summed E-state index contributed by atoms with van der Waals surface area (Å²) in [6.45, 7) is 5.39. The zero-order chi connectivity index (χ0) is 14.3. The minimum Gasteiger partial charge on any atom is -0.399 e. The van der Waals surface area contributed by atoms with Crippen LogP contribution >= 0.6 is 0 Å². The number of nitrogens with zero attached hydrogens (tertiary/aromatic N) is 2. The highest BCUT2D eigenvalue weighted by Crippen LogP contribution is 2.25. The number of anilines is 2. The summed E-state index contributed by atoms with van der Waals surface area (Å²) < 4.78 is 0. The fraction of sp³-hybridized carbons (Fsp3) is 0.467. The molecule has 1 fully saturated rings. The summed E-state index contributed by atoms with van der Waals surface area (Å²) in [5.74, 6) is 1.40. The highest BCUT2D eigenvalue weighted by Gasteiger charge is 2.24. The van der Waals surface area contributed by atoms with Crippen molar-refractivity contribution in [1.82, 2.24) is 9.97 Å². The molecule has 2 aromatic rings. The first-order valence-corrected chi connectivity index (χ1v) is 7.11. The quantitative estimate of drug-likeness (QED) is 0.780. The third kappa shape index (κ3) is 2.24. The molecule has 106 valence electrons. The van der Waals surface area contributed by atoms with Crippen molar-refractivity contribution in [2.75, 3.05) is 17.2 Å². The van der Waals surface area contributed by atoms with E-state index in [1.54, 1.807) is 18.2 Å². The molecular weight excluding hydrogens is 252 g/mol. The maximum absolute atomic E-state index is 12.2. The van der Waals surface area contributed by atoms with E-state index >= 15 is 0 Å². The van der Waals surface area contributed by atoms with Crippen LogP contribution in [0.5, 0.6) is 0 Å². The number of rotatable bonds is 1. The molecular formula is C15H20N4O. The Labute approximate surface area is 117 Å². The van der Waals surface area contributed by atoms with Crippen molar-refractivity contribution < 1.29 is 0 Å². The van der Waals surface area contributed by atoms with Crippen LogP contribution in [0.2, 0.25) is 0 Å². The molecule has 2 unspecified atom stereocenters. The number of aromatic amines is 1. The smallest absolute Gasteiger partial charge is 0.260 e. The standard InChI is InChI=1S/C15H20N4O/c1-9-5-6-19(10(2)7-9)15-17-13-4-3-11(16)8-12(13)14(20)18-15/h3-4,8-10H,5-7,16H2,1-2H3,(H,17,18,20). The van der Waals surface area contributed by atoms with Gasteiger partial charge in [0.05, 0.1) is 10.9 Å². The van der Waals surface area contributed by atoms with E-state index in [1.807, 2.05) is 0 Å². The average Bonchev–Trinajstić information content (AvgIpc) is 2.39. The van der Waals surface area contributed by atoms with Crippen molar-refractivity contribution in [3.63, 3.8) is 0 Å². The van der Waals surface area contributed by atoms with E-state index in [4.69, 9.17) is 5.73 Å². The number of nitrogen functional groups attached to an aromatic ring is 1. The predicted molar refractivity (Wildman–Crippen MR) is 82.0 cm³/mol. The molecule has 5 nitrogen and oxygen atoms in total. The average molecular weight is 272 g/mol. The molecule has 0 radical (unpaired) electrons. The van der Waals surface area contributed by atoms with Gasteiger partial charge in [-0.25, -0.2) is 4.98 Å². The van der Waals surface area contributed by atoms with Gasteiger partial charge in [0.1, 0.15) is 0 Å². The van der Waals surface area contributed by atoms with Gasteiger partial charge in [0, 0.05) is 18.3 Å². The van der Waals surface area contributed by atoms with Gasteiger partial charge in [0.2, 0.25) is 5.95 Å². The summed E-state index contributed by atoms with van der Waals surface area (Å²) in [5, 5.41) is 0.548. The first-order chi connectivity index (χ1) is 9.54. The number of nitrogens with two attached hydrogens (primary N) is 1.